The van der Waals surface area contributed by atoms with Gasteiger partial charge in [0.2, 0.25) is 0 Å². The zero-order valence-corrected chi connectivity index (χ0v) is 14.1. The first kappa shape index (κ1) is 25.3. The normalized spacial score (nSPS) is 11.3. The summed E-state index contributed by atoms with van der Waals surface area (Å²) in [6.45, 7) is 0.542. The zero-order chi connectivity index (χ0) is 20.9. The number of carboxylic acids is 3. The summed E-state index contributed by atoms with van der Waals surface area (Å²) in [4.78, 5) is 41.3. The molecule has 0 radical (unpaired) electrons. The number of carboxylic acid groups (broad SMARTS) is 3. The molecule has 0 aromatic carbocycles. The van der Waals surface area contributed by atoms with Crippen molar-refractivity contribution in [1.82, 2.24) is 5.32 Å². The smallest absolute Gasteiger partial charge is 0.336 e. The van der Waals surface area contributed by atoms with E-state index < -0.39 is 48.4 Å². The molecule has 0 fully saturated rings. The van der Waals surface area contributed by atoms with Crippen molar-refractivity contribution in [3.8, 4) is 0 Å². The molecule has 0 aliphatic heterocycles. The van der Waals surface area contributed by atoms with Gasteiger partial charge in [0.15, 0.2) is 11.6 Å². The Morgan fingerprint density at radius 1 is 1.15 bits per heavy atom. The predicted molar refractivity (Wildman–Crippen MR) is 86.2 cm³/mol. The van der Waals surface area contributed by atoms with Gasteiger partial charge in [-0.1, -0.05) is 0 Å². The molecule has 0 saturated carbocycles. The Morgan fingerprint density at radius 3 is 1.92 bits per heavy atom. The monoisotopic (exact) mass is 380 g/mol. The molecule has 150 valence electrons. The van der Waals surface area contributed by atoms with Gasteiger partial charge in [0.05, 0.1) is 20.0 Å². The van der Waals surface area contributed by atoms with Crippen molar-refractivity contribution in [1.29, 1.82) is 5.41 Å². The van der Waals surface area contributed by atoms with E-state index in [1.807, 2.05) is 0 Å². The molecule has 0 spiro atoms. The van der Waals surface area contributed by atoms with Gasteiger partial charge < -0.3 is 41.9 Å². The topological polar surface area (TPSA) is 246 Å². The van der Waals surface area contributed by atoms with Crippen LogP contribution in [0.15, 0.2) is 0 Å². The van der Waals surface area contributed by atoms with Gasteiger partial charge in [-0.3, -0.25) is 19.8 Å². The lowest BCUT2D eigenvalue weighted by molar-refractivity contribution is -0.170. The van der Waals surface area contributed by atoms with E-state index >= 15 is 0 Å². The Kier molecular flexibility index (Phi) is 12.1. The van der Waals surface area contributed by atoms with Crippen LogP contribution in [-0.2, 0) is 23.9 Å². The number of nitrogens with two attached hydrogens (primary N) is 2. The van der Waals surface area contributed by atoms with Crippen LogP contribution in [-0.4, -0.2) is 75.6 Å². The standard InChI is InChI=1S/C7H16N4O2.C6H8O7/c1-13-6(12)5(8)3-2-4-11-7(9)10;7-3(8)1-6(13,5(11)12)2-4(9)10/h5H,2-4,8H2,1H3,(H4,9,10,11);13H,1-2H2,(H,7,8)(H,9,10)(H,11,12)/t5-;/m0./s1. The molecule has 26 heavy (non-hydrogen) atoms. The third-order valence-electron chi connectivity index (χ3n) is 2.80. The number of nitrogens with one attached hydrogen (secondary N) is 2. The van der Waals surface area contributed by atoms with Gasteiger partial charge in [0.1, 0.15) is 6.04 Å². The number of aliphatic carboxylic acids is 3. The van der Waals surface area contributed by atoms with Gasteiger partial charge in [0.25, 0.3) is 0 Å². The SMILES string of the molecule is COC(=O)[C@@H](N)CCCNC(=N)N.O=C(O)CC(O)(CC(=O)O)C(=O)O. The minimum Gasteiger partial charge on any atom is -0.481 e. The van der Waals surface area contributed by atoms with E-state index in [1.54, 1.807) is 0 Å². The van der Waals surface area contributed by atoms with Crippen LogP contribution >= 0.6 is 0 Å². The minimum absolute atomic E-state index is 0.0772. The Bertz CT molecular complexity index is 508. The molecule has 0 heterocycles. The lowest BCUT2D eigenvalue weighted by atomic mass is 9.96. The van der Waals surface area contributed by atoms with Gasteiger partial charge in [-0.2, -0.15) is 0 Å². The van der Waals surface area contributed by atoms with E-state index in [9.17, 15) is 19.2 Å². The summed E-state index contributed by atoms with van der Waals surface area (Å²) >= 11 is 0. The predicted octanol–water partition coefficient (Wildman–Crippen LogP) is -2.50. The molecule has 0 unspecified atom stereocenters. The average molecular weight is 380 g/mol. The molecular weight excluding hydrogens is 356 g/mol. The maximum absolute atomic E-state index is 10.8. The summed E-state index contributed by atoms with van der Waals surface area (Å²) in [6.07, 6.45) is -1.09. The summed E-state index contributed by atoms with van der Waals surface area (Å²) in [5, 5.41) is 43.3. The zero-order valence-electron chi connectivity index (χ0n) is 14.1. The highest BCUT2D eigenvalue weighted by molar-refractivity contribution is 5.88. The second-order valence-electron chi connectivity index (χ2n) is 5.09. The summed E-state index contributed by atoms with van der Waals surface area (Å²) < 4.78 is 4.44. The Hall–Kier alpha value is -2.93. The lowest BCUT2D eigenvalue weighted by Crippen LogP contribution is -2.42. The number of hydrogen-bond acceptors (Lipinski definition) is 8. The first-order valence-corrected chi connectivity index (χ1v) is 7.16. The third kappa shape index (κ3) is 12.5. The van der Waals surface area contributed by atoms with E-state index in [-0.39, 0.29) is 5.96 Å². The number of aliphatic hydroxyl groups is 1. The van der Waals surface area contributed by atoms with E-state index in [2.05, 4.69) is 10.1 Å². The first-order valence-electron chi connectivity index (χ1n) is 7.16. The molecule has 0 saturated heterocycles. The molecule has 0 aliphatic rings. The maximum Gasteiger partial charge on any atom is 0.336 e. The average Bonchev–Trinajstić information content (AvgIpc) is 2.49. The van der Waals surface area contributed by atoms with Crippen LogP contribution in [0, 0.1) is 5.41 Å². The molecule has 13 heteroatoms. The highest BCUT2D eigenvalue weighted by Crippen LogP contribution is 2.15. The first-order chi connectivity index (χ1) is 11.9. The van der Waals surface area contributed by atoms with Gasteiger partial charge in [-0.15, -0.1) is 0 Å². The van der Waals surface area contributed by atoms with E-state index in [4.69, 9.17) is 37.3 Å². The maximum atomic E-state index is 10.8. The summed E-state index contributed by atoms with van der Waals surface area (Å²) in [5.41, 5.74) is 7.76. The summed E-state index contributed by atoms with van der Waals surface area (Å²) in [5.74, 6) is -5.51. The Balaban J connectivity index is 0. The van der Waals surface area contributed by atoms with Crippen molar-refractivity contribution in [2.24, 2.45) is 11.5 Å². The number of esters is 1. The van der Waals surface area contributed by atoms with Crippen LogP contribution in [0.3, 0.4) is 0 Å². The van der Waals surface area contributed by atoms with Crippen LogP contribution in [0.2, 0.25) is 0 Å². The minimum atomic E-state index is -2.74. The quantitative estimate of drug-likeness (QED) is 0.0847. The van der Waals surface area contributed by atoms with Crippen molar-refractivity contribution in [3.05, 3.63) is 0 Å². The van der Waals surface area contributed by atoms with Gasteiger partial charge in [-0.25, -0.2) is 4.79 Å². The van der Waals surface area contributed by atoms with Crippen LogP contribution in [0.25, 0.3) is 0 Å². The number of hydrogen-bond donors (Lipinski definition) is 8. The van der Waals surface area contributed by atoms with Crippen LogP contribution in [0.5, 0.6) is 0 Å². The van der Waals surface area contributed by atoms with Crippen LogP contribution < -0.4 is 16.8 Å². The van der Waals surface area contributed by atoms with Gasteiger partial charge in [0, 0.05) is 6.54 Å². The molecule has 0 aromatic rings. The highest BCUT2D eigenvalue weighted by Gasteiger charge is 2.40. The van der Waals surface area contributed by atoms with E-state index in [0.717, 1.165) is 0 Å². The lowest BCUT2D eigenvalue weighted by Gasteiger charge is -2.18. The van der Waals surface area contributed by atoms with E-state index in [0.29, 0.717) is 19.4 Å². The fourth-order valence-corrected chi connectivity index (χ4v) is 1.53. The largest absolute Gasteiger partial charge is 0.481 e. The fourth-order valence-electron chi connectivity index (χ4n) is 1.53. The number of methoxy groups -OCH3 is 1. The Morgan fingerprint density at radius 2 is 1.62 bits per heavy atom. The van der Waals surface area contributed by atoms with Crippen molar-refractivity contribution < 1.29 is 44.3 Å². The number of rotatable bonds is 10. The van der Waals surface area contributed by atoms with Crippen LogP contribution in [0.1, 0.15) is 25.7 Å². The molecule has 1 atom stereocenters. The van der Waals surface area contributed by atoms with Crippen molar-refractivity contribution in [3.63, 3.8) is 0 Å². The molecular formula is C13H24N4O9. The van der Waals surface area contributed by atoms with Gasteiger partial charge in [-0.05, 0) is 12.8 Å². The van der Waals surface area contributed by atoms with Crippen molar-refractivity contribution >= 4 is 29.8 Å². The Labute approximate surface area is 148 Å². The highest BCUT2D eigenvalue weighted by atomic mass is 16.5. The van der Waals surface area contributed by atoms with Crippen molar-refractivity contribution in [2.75, 3.05) is 13.7 Å². The molecule has 0 bridgehead atoms. The summed E-state index contributed by atoms with van der Waals surface area (Å²) in [7, 11) is 1.30. The number of ether oxygens (including phenoxy) is 1. The molecule has 0 aromatic heterocycles. The second kappa shape index (κ2) is 12.4. The van der Waals surface area contributed by atoms with Crippen molar-refractivity contribution in [2.45, 2.75) is 37.3 Å². The molecule has 13 nitrogen and oxygen atoms in total. The molecule has 0 amide bonds. The number of carbonyl (C=O) groups is 4. The number of guanidine groups is 1. The van der Waals surface area contributed by atoms with Crippen LogP contribution in [0.4, 0.5) is 0 Å². The van der Waals surface area contributed by atoms with Gasteiger partial charge >= 0.3 is 23.9 Å². The van der Waals surface area contributed by atoms with E-state index in [1.165, 1.54) is 7.11 Å². The fraction of sp³-hybridized carbons (Fsp3) is 0.615. The third-order valence-corrected chi connectivity index (χ3v) is 2.80. The molecule has 10 N–H and O–H groups in total. The summed E-state index contributed by atoms with van der Waals surface area (Å²) in [6, 6.07) is -0.584. The molecule has 0 rings (SSSR count). The second-order valence-corrected chi connectivity index (χ2v) is 5.09. The molecule has 0 aliphatic carbocycles. The number of carbonyl (C=O) groups excluding carboxylic acids is 1.